The highest BCUT2D eigenvalue weighted by molar-refractivity contribution is 5.20. The number of hydrogen-bond acceptors (Lipinski definition) is 2. The molecule has 0 aliphatic heterocycles. The minimum Gasteiger partial charge on any atom is -0.492 e. The number of benzene rings is 1. The maximum atomic E-state index is 5.82. The molecule has 1 N–H and O–H groups in total. The van der Waals surface area contributed by atoms with Crippen LogP contribution in [-0.2, 0) is 0 Å². The van der Waals surface area contributed by atoms with E-state index in [-0.39, 0.29) is 0 Å². The SMILES string of the molecule is CCNC(COc1ccccc1)C1CCC1. The van der Waals surface area contributed by atoms with E-state index in [9.17, 15) is 0 Å². The molecular weight excluding hydrogens is 198 g/mol. The van der Waals surface area contributed by atoms with Gasteiger partial charge in [-0.3, -0.25) is 0 Å². The number of ether oxygens (including phenoxy) is 1. The number of nitrogens with one attached hydrogen (secondary N) is 1. The van der Waals surface area contributed by atoms with Gasteiger partial charge < -0.3 is 10.1 Å². The Labute approximate surface area is 98.0 Å². The van der Waals surface area contributed by atoms with Crippen LogP contribution < -0.4 is 10.1 Å². The van der Waals surface area contributed by atoms with Gasteiger partial charge in [-0.1, -0.05) is 31.5 Å². The van der Waals surface area contributed by atoms with Gasteiger partial charge in [0.15, 0.2) is 0 Å². The predicted molar refractivity (Wildman–Crippen MR) is 66.7 cm³/mol. The highest BCUT2D eigenvalue weighted by Crippen LogP contribution is 2.29. The molecule has 2 rings (SSSR count). The minimum atomic E-state index is 0.527. The average Bonchev–Trinajstić information content (AvgIpc) is 2.25. The molecule has 1 unspecified atom stereocenters. The van der Waals surface area contributed by atoms with Crippen LogP contribution in [0.25, 0.3) is 0 Å². The van der Waals surface area contributed by atoms with E-state index in [1.165, 1.54) is 19.3 Å². The molecule has 1 aliphatic carbocycles. The lowest BCUT2D eigenvalue weighted by Gasteiger charge is -2.34. The standard InChI is InChI=1S/C14H21NO/c1-2-15-14(12-7-6-8-12)11-16-13-9-4-3-5-10-13/h3-5,9-10,12,14-15H,2,6-8,11H2,1H3. The molecule has 1 atom stereocenters. The number of rotatable bonds is 6. The third-order valence-corrected chi connectivity index (χ3v) is 3.36. The average molecular weight is 219 g/mol. The summed E-state index contributed by atoms with van der Waals surface area (Å²) in [6.45, 7) is 3.98. The Bertz CT molecular complexity index is 295. The molecule has 1 aliphatic rings. The van der Waals surface area contributed by atoms with Crippen molar-refractivity contribution >= 4 is 0 Å². The maximum Gasteiger partial charge on any atom is 0.119 e. The van der Waals surface area contributed by atoms with Gasteiger partial charge in [-0.15, -0.1) is 0 Å². The summed E-state index contributed by atoms with van der Waals surface area (Å²) in [6.07, 6.45) is 4.10. The van der Waals surface area contributed by atoms with Crippen LogP contribution in [0.4, 0.5) is 0 Å². The van der Waals surface area contributed by atoms with Crippen molar-refractivity contribution in [2.24, 2.45) is 5.92 Å². The summed E-state index contributed by atoms with van der Waals surface area (Å²) in [5.74, 6) is 1.80. The fourth-order valence-corrected chi connectivity index (χ4v) is 2.17. The van der Waals surface area contributed by atoms with Crippen molar-refractivity contribution in [3.8, 4) is 5.75 Å². The predicted octanol–water partition coefficient (Wildman–Crippen LogP) is 2.84. The monoisotopic (exact) mass is 219 g/mol. The molecule has 1 saturated carbocycles. The van der Waals surface area contributed by atoms with Crippen molar-refractivity contribution in [2.45, 2.75) is 32.2 Å². The molecule has 0 saturated heterocycles. The summed E-state index contributed by atoms with van der Waals surface area (Å²) in [7, 11) is 0. The van der Waals surface area contributed by atoms with E-state index in [2.05, 4.69) is 12.2 Å². The third-order valence-electron chi connectivity index (χ3n) is 3.36. The van der Waals surface area contributed by atoms with Crippen LogP contribution in [0.15, 0.2) is 30.3 Å². The molecule has 0 amide bonds. The highest BCUT2D eigenvalue weighted by atomic mass is 16.5. The quantitative estimate of drug-likeness (QED) is 0.794. The van der Waals surface area contributed by atoms with Crippen molar-refractivity contribution in [1.29, 1.82) is 0 Å². The van der Waals surface area contributed by atoms with Crippen LogP contribution in [0, 0.1) is 5.92 Å². The summed E-state index contributed by atoms with van der Waals surface area (Å²) < 4.78 is 5.82. The minimum absolute atomic E-state index is 0.527. The molecule has 2 nitrogen and oxygen atoms in total. The Hall–Kier alpha value is -1.02. The first-order valence-electron chi connectivity index (χ1n) is 6.31. The second kappa shape index (κ2) is 5.90. The Morgan fingerprint density at radius 2 is 2.06 bits per heavy atom. The van der Waals surface area contributed by atoms with Gasteiger partial charge in [0.1, 0.15) is 12.4 Å². The van der Waals surface area contributed by atoms with Gasteiger partial charge >= 0.3 is 0 Å². The van der Waals surface area contributed by atoms with Crippen molar-refractivity contribution in [1.82, 2.24) is 5.32 Å². The molecule has 16 heavy (non-hydrogen) atoms. The second-order valence-corrected chi connectivity index (χ2v) is 4.48. The molecule has 0 heterocycles. The lowest BCUT2D eigenvalue weighted by molar-refractivity contribution is 0.163. The Morgan fingerprint density at radius 3 is 2.62 bits per heavy atom. The van der Waals surface area contributed by atoms with Crippen LogP contribution in [-0.4, -0.2) is 19.2 Å². The molecule has 0 aromatic heterocycles. The summed E-state index contributed by atoms with van der Waals surface area (Å²) in [6, 6.07) is 10.6. The molecule has 1 aromatic carbocycles. The molecule has 2 heteroatoms. The van der Waals surface area contributed by atoms with E-state index in [1.54, 1.807) is 0 Å². The Morgan fingerprint density at radius 1 is 1.31 bits per heavy atom. The van der Waals surface area contributed by atoms with Crippen LogP contribution >= 0.6 is 0 Å². The van der Waals surface area contributed by atoms with Crippen LogP contribution in [0.2, 0.25) is 0 Å². The Kier molecular flexibility index (Phi) is 4.23. The first-order chi connectivity index (χ1) is 7.90. The summed E-state index contributed by atoms with van der Waals surface area (Å²) in [5.41, 5.74) is 0. The van der Waals surface area contributed by atoms with Gasteiger partial charge in [0.05, 0.1) is 0 Å². The molecule has 1 fully saturated rings. The largest absolute Gasteiger partial charge is 0.492 e. The van der Waals surface area contributed by atoms with E-state index in [4.69, 9.17) is 4.74 Å². The fourth-order valence-electron chi connectivity index (χ4n) is 2.17. The van der Waals surface area contributed by atoms with Gasteiger partial charge in [-0.2, -0.15) is 0 Å². The molecule has 0 spiro atoms. The summed E-state index contributed by atoms with van der Waals surface area (Å²) in [4.78, 5) is 0. The van der Waals surface area contributed by atoms with Gasteiger partial charge in [-0.05, 0) is 37.4 Å². The van der Waals surface area contributed by atoms with E-state index >= 15 is 0 Å². The van der Waals surface area contributed by atoms with Crippen molar-refractivity contribution < 1.29 is 4.74 Å². The van der Waals surface area contributed by atoms with Gasteiger partial charge in [0, 0.05) is 6.04 Å². The first kappa shape index (κ1) is 11.5. The lowest BCUT2D eigenvalue weighted by atomic mass is 9.80. The lowest BCUT2D eigenvalue weighted by Crippen LogP contribution is -2.43. The van der Waals surface area contributed by atoms with Crippen LogP contribution in [0.1, 0.15) is 26.2 Å². The fraction of sp³-hybridized carbons (Fsp3) is 0.571. The zero-order valence-corrected chi connectivity index (χ0v) is 9.99. The summed E-state index contributed by atoms with van der Waals surface area (Å²) in [5, 5.41) is 3.53. The highest BCUT2D eigenvalue weighted by Gasteiger charge is 2.26. The summed E-state index contributed by atoms with van der Waals surface area (Å²) >= 11 is 0. The molecule has 88 valence electrons. The zero-order chi connectivity index (χ0) is 11.2. The van der Waals surface area contributed by atoms with Crippen molar-refractivity contribution in [3.63, 3.8) is 0 Å². The zero-order valence-electron chi connectivity index (χ0n) is 9.99. The second-order valence-electron chi connectivity index (χ2n) is 4.48. The normalized spacial score (nSPS) is 17.8. The van der Waals surface area contributed by atoms with Gasteiger partial charge in [0.2, 0.25) is 0 Å². The number of hydrogen-bond donors (Lipinski definition) is 1. The van der Waals surface area contributed by atoms with E-state index < -0.39 is 0 Å². The molecular formula is C14H21NO. The maximum absolute atomic E-state index is 5.82. The van der Waals surface area contributed by atoms with E-state index in [0.717, 1.165) is 24.8 Å². The Balaban J connectivity index is 1.81. The topological polar surface area (TPSA) is 21.3 Å². The van der Waals surface area contributed by atoms with Crippen LogP contribution in [0.3, 0.4) is 0 Å². The molecule has 0 radical (unpaired) electrons. The third kappa shape index (κ3) is 2.99. The smallest absolute Gasteiger partial charge is 0.119 e. The van der Waals surface area contributed by atoms with E-state index in [0.29, 0.717) is 6.04 Å². The number of likely N-dealkylation sites (N-methyl/N-ethyl adjacent to an activating group) is 1. The van der Waals surface area contributed by atoms with Crippen molar-refractivity contribution in [2.75, 3.05) is 13.2 Å². The van der Waals surface area contributed by atoms with Crippen LogP contribution in [0.5, 0.6) is 5.75 Å². The molecule has 1 aromatic rings. The van der Waals surface area contributed by atoms with Gasteiger partial charge in [0.25, 0.3) is 0 Å². The van der Waals surface area contributed by atoms with Crippen molar-refractivity contribution in [3.05, 3.63) is 30.3 Å². The molecule has 0 bridgehead atoms. The number of para-hydroxylation sites is 1. The van der Waals surface area contributed by atoms with E-state index in [1.807, 2.05) is 30.3 Å². The van der Waals surface area contributed by atoms with Gasteiger partial charge in [-0.25, -0.2) is 0 Å². The first-order valence-corrected chi connectivity index (χ1v) is 6.31.